The Kier molecular flexibility index (Phi) is 6.19. The Labute approximate surface area is 164 Å². The predicted octanol–water partition coefficient (Wildman–Crippen LogP) is 4.36. The van der Waals surface area contributed by atoms with Crippen LogP contribution in [0.5, 0.6) is 0 Å². The molecule has 1 heterocycles. The van der Waals surface area contributed by atoms with E-state index in [2.05, 4.69) is 9.97 Å². The number of nitrogens with one attached hydrogen (secondary N) is 1. The molecule has 0 radical (unpaired) electrons. The fourth-order valence-electron chi connectivity index (χ4n) is 3.13. The molecular formula is C18H18N4O3S2. The van der Waals surface area contributed by atoms with Crippen molar-refractivity contribution in [3.05, 3.63) is 44.2 Å². The molecule has 1 saturated carbocycles. The van der Waals surface area contributed by atoms with Crippen LogP contribution in [0.15, 0.2) is 33.0 Å². The highest BCUT2D eigenvalue weighted by atomic mass is 32.2. The first-order valence-corrected chi connectivity index (χ1v) is 10.7. The van der Waals surface area contributed by atoms with Gasteiger partial charge in [-0.15, -0.1) is 11.8 Å². The van der Waals surface area contributed by atoms with Crippen molar-refractivity contribution in [1.82, 2.24) is 9.97 Å². The number of aromatic amines is 1. The van der Waals surface area contributed by atoms with E-state index in [1.54, 1.807) is 30.2 Å². The lowest BCUT2D eigenvalue weighted by atomic mass is 10.0. The highest BCUT2D eigenvalue weighted by Crippen LogP contribution is 2.39. The number of nitrogens with zero attached hydrogens (tertiary/aromatic N) is 3. The molecule has 9 heteroatoms. The number of benzene rings is 1. The summed E-state index contributed by atoms with van der Waals surface area (Å²) < 4.78 is 0. The van der Waals surface area contributed by atoms with Crippen LogP contribution in [-0.4, -0.2) is 26.4 Å². The maximum Gasteiger partial charge on any atom is 0.283 e. The van der Waals surface area contributed by atoms with Crippen molar-refractivity contribution in [1.29, 1.82) is 5.26 Å². The van der Waals surface area contributed by atoms with Gasteiger partial charge in [0.05, 0.1) is 15.5 Å². The molecule has 3 rings (SSSR count). The Morgan fingerprint density at radius 2 is 2.07 bits per heavy atom. The molecule has 1 aromatic heterocycles. The minimum atomic E-state index is -0.546. The highest BCUT2D eigenvalue weighted by Gasteiger charge is 2.23. The number of aromatic nitrogens is 2. The molecule has 0 bridgehead atoms. The Hall–Kier alpha value is -2.31. The van der Waals surface area contributed by atoms with E-state index in [1.165, 1.54) is 24.2 Å². The molecule has 140 valence electrons. The molecular weight excluding hydrogens is 384 g/mol. The van der Waals surface area contributed by atoms with E-state index in [4.69, 9.17) is 0 Å². The second-order valence-electron chi connectivity index (χ2n) is 6.23. The third-order valence-corrected chi connectivity index (χ3v) is 6.46. The van der Waals surface area contributed by atoms with Crippen molar-refractivity contribution < 1.29 is 4.92 Å². The van der Waals surface area contributed by atoms with Crippen LogP contribution in [0.1, 0.15) is 37.7 Å². The molecule has 1 N–H and O–H groups in total. The van der Waals surface area contributed by atoms with Crippen LogP contribution < -0.4 is 5.56 Å². The van der Waals surface area contributed by atoms with Crippen molar-refractivity contribution in [2.24, 2.45) is 0 Å². The van der Waals surface area contributed by atoms with E-state index < -0.39 is 10.5 Å². The van der Waals surface area contributed by atoms with Gasteiger partial charge in [-0.3, -0.25) is 14.9 Å². The maximum atomic E-state index is 12.1. The van der Waals surface area contributed by atoms with Crippen LogP contribution in [0.4, 0.5) is 5.69 Å². The first-order chi connectivity index (χ1) is 13.0. The normalized spacial score (nSPS) is 14.7. The summed E-state index contributed by atoms with van der Waals surface area (Å²) in [5.41, 5.74) is -0.139. The van der Waals surface area contributed by atoms with Crippen LogP contribution in [-0.2, 0) is 0 Å². The first-order valence-electron chi connectivity index (χ1n) is 8.57. The van der Waals surface area contributed by atoms with E-state index in [9.17, 15) is 20.2 Å². The lowest BCUT2D eigenvalue weighted by Gasteiger charge is -2.20. The van der Waals surface area contributed by atoms with Crippen molar-refractivity contribution >= 4 is 29.2 Å². The number of hydrogen-bond donors (Lipinski definition) is 1. The topological polar surface area (TPSA) is 113 Å². The summed E-state index contributed by atoms with van der Waals surface area (Å²) in [6.45, 7) is 0. The van der Waals surface area contributed by atoms with Crippen LogP contribution >= 0.6 is 23.5 Å². The molecule has 0 atom stereocenters. The first kappa shape index (κ1) is 19.5. The molecule has 2 aromatic rings. The molecule has 0 unspecified atom stereocenters. The second kappa shape index (κ2) is 8.59. The standard InChI is InChI=1S/C18H18N4O3S2/c1-26-18-20-16(13(10-19)17(23)21-18)11-7-8-15(14(9-11)22(24)25)27-12-5-3-2-4-6-12/h7-9,12H,2-6H2,1H3,(H,20,21,23). The average Bonchev–Trinajstić information content (AvgIpc) is 2.68. The second-order valence-corrected chi connectivity index (χ2v) is 8.37. The number of nitro groups is 1. The highest BCUT2D eigenvalue weighted by molar-refractivity contribution is 8.00. The monoisotopic (exact) mass is 402 g/mol. The molecule has 27 heavy (non-hydrogen) atoms. The van der Waals surface area contributed by atoms with Gasteiger partial charge in [0.1, 0.15) is 11.6 Å². The summed E-state index contributed by atoms with van der Waals surface area (Å²) in [6, 6.07) is 6.67. The van der Waals surface area contributed by atoms with E-state index in [1.807, 2.05) is 6.07 Å². The number of nitriles is 1. The molecule has 1 aromatic carbocycles. The van der Waals surface area contributed by atoms with Gasteiger partial charge in [-0.05, 0) is 25.2 Å². The number of thioether (sulfide) groups is 2. The van der Waals surface area contributed by atoms with Crippen LogP contribution in [0.3, 0.4) is 0 Å². The zero-order valence-electron chi connectivity index (χ0n) is 14.7. The van der Waals surface area contributed by atoms with Crippen molar-refractivity contribution in [2.75, 3.05) is 6.26 Å². The summed E-state index contributed by atoms with van der Waals surface area (Å²) in [4.78, 5) is 30.8. The van der Waals surface area contributed by atoms with E-state index in [-0.39, 0.29) is 16.9 Å². The quantitative estimate of drug-likeness (QED) is 0.342. The smallest absolute Gasteiger partial charge is 0.283 e. The van der Waals surface area contributed by atoms with Crippen LogP contribution in [0, 0.1) is 21.4 Å². The van der Waals surface area contributed by atoms with Crippen molar-refractivity contribution in [3.8, 4) is 17.3 Å². The SMILES string of the molecule is CSc1nc(-c2ccc(SC3CCCCC3)c([N+](=O)[O-])c2)c(C#N)c(=O)[nH]1. The van der Waals surface area contributed by atoms with Gasteiger partial charge in [0.25, 0.3) is 11.2 Å². The lowest BCUT2D eigenvalue weighted by Crippen LogP contribution is -2.14. The van der Waals surface area contributed by atoms with Gasteiger partial charge in [0.15, 0.2) is 5.16 Å². The van der Waals surface area contributed by atoms with Crippen molar-refractivity contribution in [2.45, 2.75) is 47.4 Å². The third-order valence-electron chi connectivity index (χ3n) is 4.48. The van der Waals surface area contributed by atoms with E-state index in [0.29, 0.717) is 20.9 Å². The lowest BCUT2D eigenvalue weighted by molar-refractivity contribution is -0.387. The van der Waals surface area contributed by atoms with E-state index >= 15 is 0 Å². The zero-order valence-corrected chi connectivity index (χ0v) is 16.4. The van der Waals surface area contributed by atoms with Gasteiger partial charge in [-0.2, -0.15) is 5.26 Å². The van der Waals surface area contributed by atoms with Gasteiger partial charge in [-0.1, -0.05) is 37.1 Å². The molecule has 1 aliphatic carbocycles. The van der Waals surface area contributed by atoms with E-state index in [0.717, 1.165) is 25.7 Å². The zero-order chi connectivity index (χ0) is 19.4. The Morgan fingerprint density at radius 1 is 1.33 bits per heavy atom. The summed E-state index contributed by atoms with van der Waals surface area (Å²) in [5, 5.41) is 21.7. The van der Waals surface area contributed by atoms with Gasteiger partial charge in [0.2, 0.25) is 0 Å². The Balaban J connectivity index is 2.04. The fourth-order valence-corrected chi connectivity index (χ4v) is 4.84. The molecule has 7 nitrogen and oxygen atoms in total. The van der Waals surface area contributed by atoms with Crippen molar-refractivity contribution in [3.63, 3.8) is 0 Å². The number of H-pyrrole nitrogens is 1. The molecule has 1 aliphatic rings. The molecule has 0 aliphatic heterocycles. The summed E-state index contributed by atoms with van der Waals surface area (Å²) in [5.74, 6) is 0. The minimum absolute atomic E-state index is 0.0141. The fraction of sp³-hybridized carbons (Fsp3) is 0.389. The molecule has 1 fully saturated rings. The van der Waals surface area contributed by atoms with Gasteiger partial charge < -0.3 is 4.98 Å². The van der Waals surface area contributed by atoms with Crippen LogP contribution in [0.2, 0.25) is 0 Å². The maximum absolute atomic E-state index is 12.1. The average molecular weight is 403 g/mol. The third kappa shape index (κ3) is 4.34. The Morgan fingerprint density at radius 3 is 2.70 bits per heavy atom. The summed E-state index contributed by atoms with van der Waals surface area (Å²) in [7, 11) is 0. The van der Waals surface area contributed by atoms with Crippen LogP contribution in [0.25, 0.3) is 11.3 Å². The Bertz CT molecular complexity index is 962. The number of nitro benzene ring substituents is 1. The minimum Gasteiger partial charge on any atom is -0.300 e. The number of hydrogen-bond acceptors (Lipinski definition) is 7. The molecule has 0 spiro atoms. The summed E-state index contributed by atoms with van der Waals surface area (Å²) in [6.07, 6.45) is 7.41. The molecule has 0 saturated heterocycles. The van der Waals surface area contributed by atoms with Gasteiger partial charge in [0, 0.05) is 16.9 Å². The van der Waals surface area contributed by atoms with Gasteiger partial charge >= 0.3 is 0 Å². The predicted molar refractivity (Wildman–Crippen MR) is 106 cm³/mol. The largest absolute Gasteiger partial charge is 0.300 e. The summed E-state index contributed by atoms with van der Waals surface area (Å²) >= 11 is 2.78. The van der Waals surface area contributed by atoms with Gasteiger partial charge in [-0.25, -0.2) is 4.98 Å². The number of rotatable bonds is 5. The molecule has 0 amide bonds.